The highest BCUT2D eigenvalue weighted by molar-refractivity contribution is 7.89. The van der Waals surface area contributed by atoms with E-state index in [0.717, 1.165) is 11.1 Å². The minimum Gasteiger partial charge on any atom is -0.337 e. The Morgan fingerprint density at radius 3 is 2.39 bits per heavy atom. The van der Waals surface area contributed by atoms with E-state index in [1.165, 1.54) is 4.31 Å². The van der Waals surface area contributed by atoms with Crippen molar-refractivity contribution in [3.8, 4) is 11.3 Å². The van der Waals surface area contributed by atoms with Crippen LogP contribution < -0.4 is 4.90 Å². The number of fused-ring (bicyclic) bond motifs is 1. The zero-order valence-electron chi connectivity index (χ0n) is 17.7. The fourth-order valence-corrected chi connectivity index (χ4v) is 5.61. The largest absolute Gasteiger partial charge is 0.337 e. The van der Waals surface area contributed by atoms with Gasteiger partial charge in [-0.15, -0.1) is 5.10 Å². The average Bonchev–Trinajstić information content (AvgIpc) is 3.26. The third-order valence-corrected chi connectivity index (χ3v) is 8.09. The summed E-state index contributed by atoms with van der Waals surface area (Å²) in [6.45, 7) is 3.54. The maximum absolute atomic E-state index is 13.0. The van der Waals surface area contributed by atoms with E-state index >= 15 is 0 Å². The number of aryl methyl sites for hydroxylation is 1. The van der Waals surface area contributed by atoms with E-state index in [9.17, 15) is 8.42 Å². The minimum absolute atomic E-state index is 0.305. The quantitative estimate of drug-likeness (QED) is 0.420. The van der Waals surface area contributed by atoms with Crippen molar-refractivity contribution < 1.29 is 8.42 Å². The summed E-state index contributed by atoms with van der Waals surface area (Å²) in [7, 11) is -3.54. The normalized spacial score (nSPS) is 15.3. The van der Waals surface area contributed by atoms with Crippen LogP contribution >= 0.6 is 23.2 Å². The first-order valence-electron chi connectivity index (χ1n) is 10.3. The van der Waals surface area contributed by atoms with Gasteiger partial charge in [0.1, 0.15) is 0 Å². The molecular formula is C22H20Cl2N6O2S. The van der Waals surface area contributed by atoms with Crippen LogP contribution in [0.15, 0.2) is 59.6 Å². The predicted octanol–water partition coefficient (Wildman–Crippen LogP) is 3.92. The molecule has 2 aromatic heterocycles. The van der Waals surface area contributed by atoms with Crippen LogP contribution in [0.3, 0.4) is 0 Å². The van der Waals surface area contributed by atoms with Gasteiger partial charge in [-0.25, -0.2) is 13.4 Å². The average molecular weight is 503 g/mol. The van der Waals surface area contributed by atoms with Crippen LogP contribution in [0.25, 0.3) is 17.0 Å². The summed E-state index contributed by atoms with van der Waals surface area (Å²) in [6.07, 6.45) is 1.65. The summed E-state index contributed by atoms with van der Waals surface area (Å²) in [4.78, 5) is 11.1. The standard InChI is InChI=1S/C22H20Cl2N6O2S/c1-15-2-5-17(6-3-15)33(31,32)29-12-10-28(11-13-29)22-26-21-25-9-8-20(30(21)27-22)18-14-16(23)4-7-19(18)24/h2-9,14H,10-13H2,1H3. The Hall–Kier alpha value is -2.72. The van der Waals surface area contributed by atoms with Gasteiger partial charge in [0.15, 0.2) is 0 Å². The van der Waals surface area contributed by atoms with Gasteiger partial charge in [-0.1, -0.05) is 40.9 Å². The van der Waals surface area contributed by atoms with E-state index in [2.05, 4.69) is 15.1 Å². The number of piperazine rings is 1. The molecule has 3 heterocycles. The molecule has 1 aliphatic rings. The fraction of sp³-hybridized carbons (Fsp3) is 0.227. The summed E-state index contributed by atoms with van der Waals surface area (Å²) >= 11 is 12.6. The van der Waals surface area contributed by atoms with Gasteiger partial charge in [0.05, 0.1) is 15.6 Å². The molecular weight excluding hydrogens is 483 g/mol. The molecule has 0 unspecified atom stereocenters. The molecule has 0 N–H and O–H groups in total. The van der Waals surface area contributed by atoms with Crippen LogP contribution in [0.2, 0.25) is 10.0 Å². The highest BCUT2D eigenvalue weighted by atomic mass is 35.5. The first-order chi connectivity index (χ1) is 15.8. The Morgan fingerprint density at radius 2 is 1.67 bits per heavy atom. The van der Waals surface area contributed by atoms with Gasteiger partial charge in [-0.3, -0.25) is 0 Å². The van der Waals surface area contributed by atoms with E-state index in [1.807, 2.05) is 11.8 Å². The Kier molecular flexibility index (Phi) is 5.74. The van der Waals surface area contributed by atoms with Gasteiger partial charge in [0, 0.05) is 43.0 Å². The summed E-state index contributed by atoms with van der Waals surface area (Å²) in [5, 5.41) is 5.74. The molecule has 11 heteroatoms. The molecule has 4 aromatic rings. The number of sulfonamides is 1. The number of hydrogen-bond donors (Lipinski definition) is 0. The molecule has 1 fully saturated rings. The van der Waals surface area contributed by atoms with Gasteiger partial charge >= 0.3 is 0 Å². The SMILES string of the molecule is Cc1ccc(S(=O)(=O)N2CCN(c3nc4nccc(-c5cc(Cl)ccc5Cl)n4n3)CC2)cc1. The molecule has 33 heavy (non-hydrogen) atoms. The summed E-state index contributed by atoms with van der Waals surface area (Å²) in [5.74, 6) is 0.911. The molecule has 2 aromatic carbocycles. The van der Waals surface area contributed by atoms with Crippen molar-refractivity contribution in [2.45, 2.75) is 11.8 Å². The molecule has 0 amide bonds. The number of nitrogens with zero attached hydrogens (tertiary/aromatic N) is 6. The van der Waals surface area contributed by atoms with Crippen molar-refractivity contribution in [1.82, 2.24) is 23.9 Å². The number of anilines is 1. The van der Waals surface area contributed by atoms with Crippen molar-refractivity contribution in [1.29, 1.82) is 0 Å². The van der Waals surface area contributed by atoms with Crippen molar-refractivity contribution in [3.05, 3.63) is 70.3 Å². The third-order valence-electron chi connectivity index (χ3n) is 5.61. The zero-order valence-corrected chi connectivity index (χ0v) is 20.0. The minimum atomic E-state index is -3.54. The number of hydrogen-bond acceptors (Lipinski definition) is 6. The molecule has 1 aliphatic heterocycles. The van der Waals surface area contributed by atoms with Crippen LogP contribution in [-0.4, -0.2) is 58.5 Å². The maximum Gasteiger partial charge on any atom is 0.254 e. The summed E-state index contributed by atoms with van der Waals surface area (Å²) in [6, 6.07) is 13.9. The molecule has 0 spiro atoms. The lowest BCUT2D eigenvalue weighted by molar-refractivity contribution is 0.382. The maximum atomic E-state index is 13.0. The predicted molar refractivity (Wildman–Crippen MR) is 128 cm³/mol. The van der Waals surface area contributed by atoms with Gasteiger partial charge in [0.2, 0.25) is 16.0 Å². The smallest absolute Gasteiger partial charge is 0.254 e. The van der Waals surface area contributed by atoms with Crippen molar-refractivity contribution >= 4 is 45.0 Å². The molecule has 1 saturated heterocycles. The molecule has 0 saturated carbocycles. The van der Waals surface area contributed by atoms with Crippen LogP contribution in [0.4, 0.5) is 5.95 Å². The second-order valence-electron chi connectivity index (χ2n) is 7.78. The molecule has 5 rings (SSSR count). The van der Waals surface area contributed by atoms with Gasteiger partial charge in [0.25, 0.3) is 5.78 Å². The van der Waals surface area contributed by atoms with Crippen LogP contribution in [-0.2, 0) is 10.0 Å². The van der Waals surface area contributed by atoms with Crippen LogP contribution in [0.1, 0.15) is 5.56 Å². The van der Waals surface area contributed by atoms with Crippen molar-refractivity contribution in [3.63, 3.8) is 0 Å². The Balaban J connectivity index is 1.39. The monoisotopic (exact) mass is 502 g/mol. The summed E-state index contributed by atoms with van der Waals surface area (Å²) < 4.78 is 29.1. The highest BCUT2D eigenvalue weighted by Gasteiger charge is 2.30. The van der Waals surface area contributed by atoms with E-state index < -0.39 is 10.0 Å². The number of benzene rings is 2. The number of rotatable bonds is 4. The molecule has 0 radical (unpaired) electrons. The molecule has 0 atom stereocenters. The zero-order chi connectivity index (χ0) is 23.2. The molecule has 0 bridgehead atoms. The Labute approximate surface area is 201 Å². The summed E-state index contributed by atoms with van der Waals surface area (Å²) in [5.41, 5.74) is 2.46. The first-order valence-corrected chi connectivity index (χ1v) is 12.5. The Morgan fingerprint density at radius 1 is 0.939 bits per heavy atom. The second kappa shape index (κ2) is 8.57. The van der Waals surface area contributed by atoms with Crippen LogP contribution in [0.5, 0.6) is 0 Å². The second-order valence-corrected chi connectivity index (χ2v) is 10.6. The van der Waals surface area contributed by atoms with E-state index in [-0.39, 0.29) is 0 Å². The number of aromatic nitrogens is 4. The lowest BCUT2D eigenvalue weighted by Crippen LogP contribution is -2.49. The Bertz CT molecular complexity index is 1430. The van der Waals surface area contributed by atoms with E-state index in [1.54, 1.807) is 59.2 Å². The van der Waals surface area contributed by atoms with Crippen molar-refractivity contribution in [2.75, 3.05) is 31.1 Å². The molecule has 170 valence electrons. The van der Waals surface area contributed by atoms with Gasteiger partial charge < -0.3 is 4.90 Å². The van der Waals surface area contributed by atoms with Gasteiger partial charge in [-0.2, -0.15) is 13.8 Å². The lowest BCUT2D eigenvalue weighted by atomic mass is 10.1. The topological polar surface area (TPSA) is 83.7 Å². The van der Waals surface area contributed by atoms with Gasteiger partial charge in [-0.05, 0) is 43.3 Å². The van der Waals surface area contributed by atoms with E-state index in [4.69, 9.17) is 23.2 Å². The first kappa shape index (κ1) is 22.1. The van der Waals surface area contributed by atoms with Crippen molar-refractivity contribution in [2.24, 2.45) is 0 Å². The number of halogens is 2. The third kappa shape index (κ3) is 4.17. The fourth-order valence-electron chi connectivity index (χ4n) is 3.80. The molecule has 8 nitrogen and oxygen atoms in total. The molecule has 0 aliphatic carbocycles. The highest BCUT2D eigenvalue weighted by Crippen LogP contribution is 2.31. The van der Waals surface area contributed by atoms with Crippen LogP contribution in [0, 0.1) is 6.92 Å². The van der Waals surface area contributed by atoms with E-state index in [0.29, 0.717) is 58.5 Å². The lowest BCUT2D eigenvalue weighted by Gasteiger charge is -2.33.